The smallest absolute Gasteiger partial charge is 0.295 e. The van der Waals surface area contributed by atoms with Gasteiger partial charge in [0.25, 0.3) is 6.43 Å². The molecule has 234 valence electrons. The molecule has 0 bridgehead atoms. The van der Waals surface area contributed by atoms with Crippen molar-refractivity contribution in [3.8, 4) is 11.4 Å². The molecule has 1 unspecified atom stereocenters. The van der Waals surface area contributed by atoms with Crippen LogP contribution in [-0.4, -0.2) is 58.2 Å². The SMILES string of the molecule is Cc1cnc(-c2ccc(Nc3cc(CC(=O)C4CC4)nc4c3nc(C(F)F)n4C3CCCCO3)c(N(C)S(C)(=O)=O)c2)n1C. The highest BCUT2D eigenvalue weighted by molar-refractivity contribution is 7.92. The number of anilines is 3. The van der Waals surface area contributed by atoms with Crippen molar-refractivity contribution in [1.29, 1.82) is 0 Å². The fourth-order valence-electron chi connectivity index (χ4n) is 5.53. The van der Waals surface area contributed by atoms with Gasteiger partial charge in [0.1, 0.15) is 23.4 Å². The Hall–Kier alpha value is -3.91. The van der Waals surface area contributed by atoms with E-state index in [1.54, 1.807) is 30.5 Å². The average molecular weight is 628 g/mol. The van der Waals surface area contributed by atoms with Crippen LogP contribution in [0.1, 0.15) is 62.0 Å². The van der Waals surface area contributed by atoms with Crippen molar-refractivity contribution in [3.05, 3.63) is 47.7 Å². The molecule has 0 amide bonds. The lowest BCUT2D eigenvalue weighted by Crippen LogP contribution is -2.25. The first kappa shape index (κ1) is 30.1. The molecule has 1 atom stereocenters. The molecule has 1 N–H and O–H groups in total. The lowest BCUT2D eigenvalue weighted by atomic mass is 10.1. The van der Waals surface area contributed by atoms with Gasteiger partial charge >= 0.3 is 0 Å². The summed E-state index contributed by atoms with van der Waals surface area (Å²) in [6.45, 7) is 2.35. The number of hydrogen-bond acceptors (Lipinski definition) is 8. The number of carbonyl (C=O) groups excluding carboxylic acids is 1. The molecule has 4 aromatic rings. The number of ketones is 1. The van der Waals surface area contributed by atoms with E-state index in [-0.39, 0.29) is 29.3 Å². The second-order valence-electron chi connectivity index (χ2n) is 11.6. The molecule has 1 aromatic carbocycles. The predicted octanol–water partition coefficient (Wildman–Crippen LogP) is 5.44. The van der Waals surface area contributed by atoms with Crippen molar-refractivity contribution in [2.24, 2.45) is 13.0 Å². The normalized spacial score (nSPS) is 17.4. The summed E-state index contributed by atoms with van der Waals surface area (Å²) in [5, 5.41) is 3.26. The number of hydrogen-bond donors (Lipinski definition) is 1. The highest BCUT2D eigenvalue weighted by Crippen LogP contribution is 2.39. The maximum absolute atomic E-state index is 14.4. The minimum Gasteiger partial charge on any atom is -0.358 e. The van der Waals surface area contributed by atoms with Gasteiger partial charge in [-0.25, -0.2) is 32.2 Å². The Labute approximate surface area is 254 Å². The summed E-state index contributed by atoms with van der Waals surface area (Å²) in [5.74, 6) is 0.216. The van der Waals surface area contributed by atoms with Crippen molar-refractivity contribution >= 4 is 44.0 Å². The molecule has 1 aliphatic carbocycles. The third-order valence-corrected chi connectivity index (χ3v) is 9.53. The standard InChI is InChI=1S/C30H35F2N7O4S/c1-17-16-33-28(37(17)2)19-10-11-21(23(13-19)38(3)44(4,41)42)35-22-14-20(15-24(40)18-8-9-18)34-29-26(22)36-30(27(31)32)39(29)25-7-5-6-12-43-25/h10-11,13-14,16,18,25,27H,5-9,12,15H2,1-4H3,(H,34,35). The number of sulfonamides is 1. The highest BCUT2D eigenvalue weighted by atomic mass is 32.2. The van der Waals surface area contributed by atoms with E-state index in [0.29, 0.717) is 47.2 Å². The number of rotatable bonds is 10. The van der Waals surface area contributed by atoms with E-state index in [0.717, 1.165) is 41.9 Å². The highest BCUT2D eigenvalue weighted by Gasteiger charge is 2.32. The largest absolute Gasteiger partial charge is 0.358 e. The van der Waals surface area contributed by atoms with Gasteiger partial charge in [0, 0.05) is 50.5 Å². The molecule has 11 nitrogen and oxygen atoms in total. The van der Waals surface area contributed by atoms with Gasteiger partial charge in [-0.1, -0.05) is 0 Å². The minimum atomic E-state index is -3.70. The molecule has 44 heavy (non-hydrogen) atoms. The summed E-state index contributed by atoms with van der Waals surface area (Å²) in [4.78, 5) is 26.3. The Kier molecular flexibility index (Phi) is 7.91. The molecule has 2 fully saturated rings. The van der Waals surface area contributed by atoms with E-state index >= 15 is 0 Å². The van der Waals surface area contributed by atoms with Crippen LogP contribution in [0.3, 0.4) is 0 Å². The summed E-state index contributed by atoms with van der Waals surface area (Å²) in [6, 6.07) is 6.86. The minimum absolute atomic E-state index is 0.00978. The van der Waals surface area contributed by atoms with Gasteiger partial charge < -0.3 is 14.6 Å². The number of aromatic nitrogens is 5. The third-order valence-electron chi connectivity index (χ3n) is 8.34. The average Bonchev–Trinajstić information content (AvgIpc) is 3.69. The topological polar surface area (TPSA) is 124 Å². The molecule has 1 aliphatic heterocycles. The summed E-state index contributed by atoms with van der Waals surface area (Å²) in [5.41, 5.74) is 3.42. The van der Waals surface area contributed by atoms with E-state index in [4.69, 9.17) is 4.74 Å². The second kappa shape index (κ2) is 11.5. The van der Waals surface area contributed by atoms with Gasteiger partial charge in [-0.3, -0.25) is 13.7 Å². The number of alkyl halides is 2. The Morgan fingerprint density at radius 1 is 1.16 bits per heavy atom. The van der Waals surface area contributed by atoms with Crippen LogP contribution in [-0.2, 0) is 33.0 Å². The van der Waals surface area contributed by atoms with Crippen LogP contribution < -0.4 is 9.62 Å². The Balaban J connectivity index is 1.51. The zero-order valence-electron chi connectivity index (χ0n) is 25.0. The maximum atomic E-state index is 14.4. The molecule has 3 aromatic heterocycles. The first-order chi connectivity index (χ1) is 20.9. The number of carbonyl (C=O) groups is 1. The number of benzene rings is 1. The molecule has 6 rings (SSSR count). The number of pyridine rings is 1. The van der Waals surface area contributed by atoms with E-state index < -0.39 is 28.5 Å². The lowest BCUT2D eigenvalue weighted by molar-refractivity contribution is -0.119. The number of fused-ring (bicyclic) bond motifs is 1. The van der Waals surface area contributed by atoms with Gasteiger partial charge in [0.15, 0.2) is 11.5 Å². The van der Waals surface area contributed by atoms with Crippen molar-refractivity contribution in [2.45, 2.75) is 58.1 Å². The van der Waals surface area contributed by atoms with Crippen LogP contribution in [0, 0.1) is 12.8 Å². The number of nitrogens with one attached hydrogen (secondary N) is 1. The van der Waals surface area contributed by atoms with E-state index in [2.05, 4.69) is 20.3 Å². The summed E-state index contributed by atoms with van der Waals surface area (Å²) in [6.07, 6.45) is 3.14. The Morgan fingerprint density at radius 3 is 2.55 bits per heavy atom. The molecule has 14 heteroatoms. The van der Waals surface area contributed by atoms with E-state index in [9.17, 15) is 22.0 Å². The van der Waals surface area contributed by atoms with Crippen LogP contribution in [0.15, 0.2) is 30.5 Å². The molecule has 1 saturated carbocycles. The zero-order chi connectivity index (χ0) is 31.3. The van der Waals surface area contributed by atoms with Crippen molar-refractivity contribution in [3.63, 3.8) is 0 Å². The second-order valence-corrected chi connectivity index (χ2v) is 13.6. The number of imidazole rings is 2. The molecule has 0 spiro atoms. The lowest BCUT2D eigenvalue weighted by Gasteiger charge is -2.25. The molecule has 1 saturated heterocycles. The van der Waals surface area contributed by atoms with Gasteiger partial charge in [0.05, 0.1) is 29.0 Å². The molecule has 4 heterocycles. The molecule has 2 aliphatic rings. The van der Waals surface area contributed by atoms with Gasteiger partial charge in [-0.05, 0) is 63.3 Å². The molecule has 0 radical (unpaired) electrons. The summed E-state index contributed by atoms with van der Waals surface area (Å²) in [7, 11) is -0.389. The zero-order valence-corrected chi connectivity index (χ0v) is 25.9. The molecular formula is C30H35F2N7O4S. The number of nitrogens with zero attached hydrogens (tertiary/aromatic N) is 6. The van der Waals surface area contributed by atoms with Crippen LogP contribution in [0.25, 0.3) is 22.6 Å². The number of Topliss-reactive ketones (excluding diaryl/α,β-unsaturated/α-hetero) is 1. The summed E-state index contributed by atoms with van der Waals surface area (Å²) >= 11 is 0. The van der Waals surface area contributed by atoms with Crippen LogP contribution in [0.5, 0.6) is 0 Å². The Morgan fingerprint density at radius 2 is 1.93 bits per heavy atom. The van der Waals surface area contributed by atoms with Gasteiger partial charge in [-0.2, -0.15) is 0 Å². The first-order valence-corrected chi connectivity index (χ1v) is 16.4. The predicted molar refractivity (Wildman–Crippen MR) is 163 cm³/mol. The van der Waals surface area contributed by atoms with Crippen molar-refractivity contribution < 1.29 is 26.7 Å². The van der Waals surface area contributed by atoms with Crippen LogP contribution in [0.2, 0.25) is 0 Å². The van der Waals surface area contributed by atoms with Gasteiger partial charge in [0.2, 0.25) is 10.0 Å². The van der Waals surface area contributed by atoms with Gasteiger partial charge in [-0.15, -0.1) is 0 Å². The monoisotopic (exact) mass is 627 g/mol. The fraction of sp³-hybridized carbons (Fsp3) is 0.467. The molecular weight excluding hydrogens is 592 g/mol. The number of halogens is 2. The van der Waals surface area contributed by atoms with Crippen LogP contribution in [0.4, 0.5) is 25.8 Å². The Bertz CT molecular complexity index is 1840. The van der Waals surface area contributed by atoms with Crippen molar-refractivity contribution in [2.75, 3.05) is 29.5 Å². The fourth-order valence-corrected chi connectivity index (χ4v) is 6.04. The first-order valence-electron chi connectivity index (χ1n) is 14.6. The maximum Gasteiger partial charge on any atom is 0.295 e. The third kappa shape index (κ3) is 5.80. The van der Waals surface area contributed by atoms with Crippen molar-refractivity contribution in [1.82, 2.24) is 24.1 Å². The number of ether oxygens (including phenoxy) is 1. The quantitative estimate of drug-likeness (QED) is 0.247. The number of aryl methyl sites for hydroxylation is 1. The summed E-state index contributed by atoms with van der Waals surface area (Å²) < 4.78 is 64.6. The van der Waals surface area contributed by atoms with E-state index in [1.807, 2.05) is 18.5 Å². The van der Waals surface area contributed by atoms with E-state index in [1.165, 1.54) is 11.6 Å². The van der Waals surface area contributed by atoms with Crippen LogP contribution >= 0.6 is 0 Å².